The van der Waals surface area contributed by atoms with Crippen molar-refractivity contribution in [2.24, 2.45) is 0 Å². The molecule has 1 atom stereocenters. The van der Waals surface area contributed by atoms with Gasteiger partial charge in [0.15, 0.2) is 0 Å². The fourth-order valence-corrected chi connectivity index (χ4v) is 6.25. The summed E-state index contributed by atoms with van der Waals surface area (Å²) in [4.78, 5) is 28.4. The summed E-state index contributed by atoms with van der Waals surface area (Å²) < 4.78 is 40.1. The summed E-state index contributed by atoms with van der Waals surface area (Å²) in [5.74, 6) is 0.209. The number of ether oxygens (including phenoxy) is 2. The summed E-state index contributed by atoms with van der Waals surface area (Å²) in [6, 6.07) is 17.6. The number of halogens is 1. The highest BCUT2D eigenvalue weighted by Crippen LogP contribution is 2.31. The van der Waals surface area contributed by atoms with Crippen LogP contribution in [0.2, 0.25) is 0 Å². The lowest BCUT2D eigenvalue weighted by Crippen LogP contribution is -2.51. The Morgan fingerprint density at radius 1 is 1.00 bits per heavy atom. The van der Waals surface area contributed by atoms with E-state index >= 15 is 0 Å². The maximum absolute atomic E-state index is 14.0. The second-order valence-electron chi connectivity index (χ2n) is 9.48. The maximum Gasteiger partial charge on any atom is 0.264 e. The van der Waals surface area contributed by atoms with Crippen LogP contribution in [0, 0.1) is 6.92 Å². The van der Waals surface area contributed by atoms with E-state index in [0.29, 0.717) is 28.2 Å². The molecular weight excluding hydrogens is 610 g/mol. The Labute approximate surface area is 250 Å². The molecule has 0 aliphatic rings. The number of anilines is 1. The predicted octanol–water partition coefficient (Wildman–Crippen LogP) is 4.91. The number of nitrogens with one attached hydrogen (secondary N) is 1. The van der Waals surface area contributed by atoms with Crippen LogP contribution in [0.3, 0.4) is 0 Å². The summed E-state index contributed by atoms with van der Waals surface area (Å²) in [6.45, 7) is 5.47. The van der Waals surface area contributed by atoms with Crippen LogP contribution < -0.4 is 19.1 Å². The molecule has 220 valence electrons. The molecule has 9 nitrogen and oxygen atoms in total. The van der Waals surface area contributed by atoms with E-state index in [9.17, 15) is 18.0 Å². The van der Waals surface area contributed by atoms with Gasteiger partial charge in [-0.2, -0.15) is 0 Å². The third-order valence-electron chi connectivity index (χ3n) is 6.52. The van der Waals surface area contributed by atoms with Gasteiger partial charge in [0, 0.05) is 13.1 Å². The second kappa shape index (κ2) is 14.4. The highest BCUT2D eigenvalue weighted by atomic mass is 79.9. The minimum atomic E-state index is -4.21. The number of amides is 2. The third kappa shape index (κ3) is 8.01. The average molecular weight is 647 g/mol. The van der Waals surface area contributed by atoms with E-state index in [2.05, 4.69) is 21.2 Å². The lowest BCUT2D eigenvalue weighted by molar-refractivity contribution is -0.139. The fourth-order valence-electron chi connectivity index (χ4n) is 4.12. The molecule has 3 rings (SSSR count). The number of hydrogen-bond acceptors (Lipinski definition) is 6. The maximum atomic E-state index is 14.0. The van der Waals surface area contributed by atoms with Gasteiger partial charge in [0.1, 0.15) is 24.1 Å². The van der Waals surface area contributed by atoms with Gasteiger partial charge >= 0.3 is 0 Å². The highest BCUT2D eigenvalue weighted by molar-refractivity contribution is 9.10. The molecule has 1 N–H and O–H groups in total. The van der Waals surface area contributed by atoms with Gasteiger partial charge < -0.3 is 19.7 Å². The van der Waals surface area contributed by atoms with E-state index in [0.717, 1.165) is 21.9 Å². The second-order valence-corrected chi connectivity index (χ2v) is 12.2. The summed E-state index contributed by atoms with van der Waals surface area (Å²) in [7, 11) is -1.17. The highest BCUT2D eigenvalue weighted by Gasteiger charge is 2.33. The molecule has 0 radical (unpaired) electrons. The number of rotatable bonds is 13. The number of carbonyl (C=O) groups is 2. The molecule has 0 spiro atoms. The van der Waals surface area contributed by atoms with Crippen LogP contribution in [0.25, 0.3) is 0 Å². The van der Waals surface area contributed by atoms with E-state index in [1.807, 2.05) is 19.9 Å². The molecule has 3 aromatic carbocycles. The van der Waals surface area contributed by atoms with Crippen molar-refractivity contribution in [2.45, 2.75) is 44.7 Å². The molecule has 0 aromatic heterocycles. The van der Waals surface area contributed by atoms with Gasteiger partial charge in [-0.15, -0.1) is 0 Å². The number of nitrogens with zero attached hydrogens (tertiary/aromatic N) is 2. The summed E-state index contributed by atoms with van der Waals surface area (Å²) in [6.07, 6.45) is 0.735. The number of methoxy groups -OCH3 is 2. The topological polar surface area (TPSA) is 105 Å². The van der Waals surface area contributed by atoms with Gasteiger partial charge in [0.2, 0.25) is 11.8 Å². The normalized spacial score (nSPS) is 11.9. The molecule has 11 heteroatoms. The number of carbonyl (C=O) groups excluding carboxylic acids is 2. The van der Waals surface area contributed by atoms with E-state index in [-0.39, 0.29) is 17.3 Å². The summed E-state index contributed by atoms with van der Waals surface area (Å²) in [5.41, 5.74) is 1.99. The number of benzene rings is 3. The van der Waals surface area contributed by atoms with Gasteiger partial charge in [-0.1, -0.05) is 36.8 Å². The molecule has 0 aliphatic heterocycles. The molecular formula is C30H36BrN3O6S. The van der Waals surface area contributed by atoms with Crippen molar-refractivity contribution in [3.8, 4) is 11.5 Å². The largest absolute Gasteiger partial charge is 0.497 e. The zero-order valence-electron chi connectivity index (χ0n) is 23.9. The van der Waals surface area contributed by atoms with Gasteiger partial charge in [0.05, 0.1) is 29.3 Å². The van der Waals surface area contributed by atoms with Crippen molar-refractivity contribution >= 4 is 43.5 Å². The summed E-state index contributed by atoms with van der Waals surface area (Å²) >= 11 is 3.36. The van der Waals surface area contributed by atoms with E-state index < -0.39 is 28.5 Å². The number of sulfonamides is 1. The van der Waals surface area contributed by atoms with Crippen molar-refractivity contribution in [2.75, 3.05) is 31.6 Å². The Hall–Kier alpha value is -3.57. The van der Waals surface area contributed by atoms with Crippen molar-refractivity contribution < 1.29 is 27.5 Å². The molecule has 0 saturated heterocycles. The van der Waals surface area contributed by atoms with Crippen LogP contribution in [0.15, 0.2) is 76.1 Å². The lowest BCUT2D eigenvalue weighted by Gasteiger charge is -2.32. The van der Waals surface area contributed by atoms with Crippen LogP contribution >= 0.6 is 15.9 Å². The first-order valence-electron chi connectivity index (χ1n) is 13.1. The first-order valence-corrected chi connectivity index (χ1v) is 15.4. The Balaban J connectivity index is 2.04. The molecule has 0 heterocycles. The molecule has 0 bridgehead atoms. The van der Waals surface area contributed by atoms with Crippen LogP contribution in [-0.4, -0.2) is 58.5 Å². The number of hydrogen-bond donors (Lipinski definition) is 1. The van der Waals surface area contributed by atoms with Gasteiger partial charge in [-0.3, -0.25) is 13.9 Å². The zero-order valence-corrected chi connectivity index (χ0v) is 26.3. The van der Waals surface area contributed by atoms with Crippen molar-refractivity contribution in [1.82, 2.24) is 10.2 Å². The average Bonchev–Trinajstić information content (AvgIpc) is 2.97. The lowest BCUT2D eigenvalue weighted by atomic mass is 10.1. The van der Waals surface area contributed by atoms with Crippen LogP contribution in [0.1, 0.15) is 31.4 Å². The van der Waals surface area contributed by atoms with Crippen LogP contribution in [-0.2, 0) is 26.2 Å². The van der Waals surface area contributed by atoms with Crippen molar-refractivity contribution in [3.05, 3.63) is 82.3 Å². The summed E-state index contributed by atoms with van der Waals surface area (Å²) in [5, 5.41) is 2.83. The minimum Gasteiger partial charge on any atom is -0.497 e. The molecule has 0 fully saturated rings. The molecule has 0 aliphatic carbocycles. The number of aryl methyl sites for hydroxylation is 1. The van der Waals surface area contributed by atoms with Crippen LogP contribution in [0.4, 0.5) is 5.69 Å². The van der Waals surface area contributed by atoms with Gasteiger partial charge in [-0.05, 0) is 84.2 Å². The Morgan fingerprint density at radius 3 is 2.32 bits per heavy atom. The predicted molar refractivity (Wildman–Crippen MR) is 163 cm³/mol. The molecule has 41 heavy (non-hydrogen) atoms. The van der Waals surface area contributed by atoms with E-state index in [4.69, 9.17) is 9.47 Å². The molecule has 0 unspecified atom stereocenters. The Kier molecular flexibility index (Phi) is 11.2. The van der Waals surface area contributed by atoms with Crippen LogP contribution in [0.5, 0.6) is 11.5 Å². The minimum absolute atomic E-state index is 0.0216. The Bertz CT molecular complexity index is 1460. The van der Waals surface area contributed by atoms with E-state index in [1.165, 1.54) is 24.1 Å². The van der Waals surface area contributed by atoms with E-state index in [1.54, 1.807) is 62.6 Å². The smallest absolute Gasteiger partial charge is 0.264 e. The standard InChI is InChI=1S/C30H36BrN3O6S/c1-6-16-32-30(36)22(3)33(19-23-8-7-9-25(17-23)39-4)29(35)20-34(24-12-10-21(2)11-13-24)41(37,38)26-14-15-28(40-5)27(31)18-26/h7-15,17-18,22H,6,16,19-20H2,1-5H3,(H,32,36)/t22-/m0/s1. The fraction of sp³-hybridized carbons (Fsp3) is 0.333. The van der Waals surface area contributed by atoms with Crippen molar-refractivity contribution in [1.29, 1.82) is 0 Å². The Morgan fingerprint density at radius 2 is 1.71 bits per heavy atom. The molecule has 0 saturated carbocycles. The van der Waals surface area contributed by atoms with Gasteiger partial charge in [-0.25, -0.2) is 8.42 Å². The zero-order chi connectivity index (χ0) is 30.2. The molecule has 2 amide bonds. The van der Waals surface area contributed by atoms with Crippen molar-refractivity contribution in [3.63, 3.8) is 0 Å². The monoisotopic (exact) mass is 645 g/mol. The van der Waals surface area contributed by atoms with Gasteiger partial charge in [0.25, 0.3) is 10.0 Å². The first-order chi connectivity index (χ1) is 19.5. The molecule has 3 aromatic rings. The third-order valence-corrected chi connectivity index (χ3v) is 8.91. The quantitative estimate of drug-likeness (QED) is 0.283. The first kappa shape index (κ1) is 32.0. The SMILES string of the molecule is CCCNC(=O)[C@H](C)N(Cc1cccc(OC)c1)C(=O)CN(c1ccc(C)cc1)S(=O)(=O)c1ccc(OC)c(Br)c1.